The number of hydrogen-bond acceptors (Lipinski definition) is 6. The Kier molecular flexibility index (Phi) is 63.9. The molecule has 0 bridgehead atoms. The van der Waals surface area contributed by atoms with E-state index in [0.29, 0.717) is 19.3 Å². The van der Waals surface area contributed by atoms with Crippen LogP contribution in [-0.4, -0.2) is 37.2 Å². The lowest BCUT2D eigenvalue weighted by Crippen LogP contribution is -2.30. The summed E-state index contributed by atoms with van der Waals surface area (Å²) in [6.07, 6.45) is 97.1. The van der Waals surface area contributed by atoms with Crippen LogP contribution in [-0.2, 0) is 28.6 Å². The first-order valence-electron chi connectivity index (χ1n) is 33.3. The van der Waals surface area contributed by atoms with Gasteiger partial charge in [-0.2, -0.15) is 0 Å². The van der Waals surface area contributed by atoms with Crippen molar-refractivity contribution >= 4 is 17.9 Å². The highest BCUT2D eigenvalue weighted by Crippen LogP contribution is 2.15. The Morgan fingerprint density at radius 1 is 0.259 bits per heavy atom. The minimum atomic E-state index is -0.812. The van der Waals surface area contributed by atoms with Crippen molar-refractivity contribution in [1.29, 1.82) is 0 Å². The van der Waals surface area contributed by atoms with Gasteiger partial charge in [0.15, 0.2) is 6.10 Å². The van der Waals surface area contributed by atoms with E-state index in [1.54, 1.807) is 0 Å². The Morgan fingerprint density at radius 2 is 0.481 bits per heavy atom. The largest absolute Gasteiger partial charge is 0.462 e. The molecular formula is C75H122O6. The number of carbonyl (C=O) groups is 3. The molecule has 1 unspecified atom stereocenters. The molecule has 0 aliphatic carbocycles. The molecule has 0 aliphatic heterocycles. The number of rotatable bonds is 59. The van der Waals surface area contributed by atoms with Crippen molar-refractivity contribution in [3.63, 3.8) is 0 Å². The van der Waals surface area contributed by atoms with E-state index in [2.05, 4.69) is 167 Å². The molecule has 0 aromatic carbocycles. The van der Waals surface area contributed by atoms with Crippen LogP contribution < -0.4 is 0 Å². The molecule has 0 aromatic rings. The first-order chi connectivity index (χ1) is 40.0. The molecule has 0 heterocycles. The van der Waals surface area contributed by atoms with E-state index in [1.807, 2.05) is 0 Å². The molecule has 6 heteroatoms. The predicted molar refractivity (Wildman–Crippen MR) is 352 cm³/mol. The Hall–Kier alpha value is -4.71. The lowest BCUT2D eigenvalue weighted by molar-refractivity contribution is -0.167. The first kappa shape index (κ1) is 76.3. The fraction of sp³-hybridized carbons (Fsp3) is 0.640. The molecule has 0 rings (SSSR count). The van der Waals surface area contributed by atoms with Gasteiger partial charge in [0.2, 0.25) is 0 Å². The predicted octanol–water partition coefficient (Wildman–Crippen LogP) is 23.1. The van der Waals surface area contributed by atoms with Crippen molar-refractivity contribution < 1.29 is 28.6 Å². The zero-order valence-electron chi connectivity index (χ0n) is 52.5. The van der Waals surface area contributed by atoms with Crippen LogP contribution in [0.4, 0.5) is 0 Å². The van der Waals surface area contributed by atoms with Gasteiger partial charge in [-0.05, 0) is 141 Å². The maximum absolute atomic E-state index is 12.9. The quantitative estimate of drug-likeness (QED) is 0.0261. The minimum Gasteiger partial charge on any atom is -0.462 e. The Labute approximate surface area is 499 Å². The van der Waals surface area contributed by atoms with Crippen LogP contribution in [0.3, 0.4) is 0 Å². The molecule has 0 aromatic heterocycles. The number of esters is 3. The highest BCUT2D eigenvalue weighted by atomic mass is 16.6. The molecule has 0 amide bonds. The fourth-order valence-corrected chi connectivity index (χ4v) is 8.88. The smallest absolute Gasteiger partial charge is 0.306 e. The van der Waals surface area contributed by atoms with Crippen LogP contribution in [0.5, 0.6) is 0 Å². The van der Waals surface area contributed by atoms with Gasteiger partial charge in [0.05, 0.1) is 0 Å². The molecule has 0 spiro atoms. The molecule has 458 valence electrons. The van der Waals surface area contributed by atoms with Crippen molar-refractivity contribution in [2.24, 2.45) is 0 Å². The van der Waals surface area contributed by atoms with Gasteiger partial charge < -0.3 is 14.2 Å². The van der Waals surface area contributed by atoms with Crippen LogP contribution in [0.15, 0.2) is 146 Å². The third-order valence-corrected chi connectivity index (χ3v) is 13.8. The molecule has 0 aliphatic rings. The molecule has 6 nitrogen and oxygen atoms in total. The van der Waals surface area contributed by atoms with Crippen LogP contribution in [0, 0.1) is 0 Å². The summed E-state index contributed by atoms with van der Waals surface area (Å²) in [5.74, 6) is -0.961. The van der Waals surface area contributed by atoms with Crippen molar-refractivity contribution in [2.45, 2.75) is 297 Å². The van der Waals surface area contributed by atoms with Crippen molar-refractivity contribution in [2.75, 3.05) is 13.2 Å². The summed E-state index contributed by atoms with van der Waals surface area (Å²) >= 11 is 0. The zero-order chi connectivity index (χ0) is 58.5. The Bertz CT molecular complexity index is 1760. The lowest BCUT2D eigenvalue weighted by atomic mass is 10.1. The second-order valence-corrected chi connectivity index (χ2v) is 21.6. The van der Waals surface area contributed by atoms with Crippen LogP contribution in [0.2, 0.25) is 0 Å². The molecule has 1 atom stereocenters. The number of carbonyl (C=O) groups excluding carboxylic acids is 3. The second-order valence-electron chi connectivity index (χ2n) is 21.6. The van der Waals surface area contributed by atoms with E-state index < -0.39 is 6.10 Å². The van der Waals surface area contributed by atoms with Gasteiger partial charge >= 0.3 is 17.9 Å². The fourth-order valence-electron chi connectivity index (χ4n) is 8.88. The van der Waals surface area contributed by atoms with E-state index >= 15 is 0 Å². The second kappa shape index (κ2) is 67.8. The van der Waals surface area contributed by atoms with Crippen molar-refractivity contribution in [1.82, 2.24) is 0 Å². The van der Waals surface area contributed by atoms with Crippen LogP contribution in [0.25, 0.3) is 0 Å². The van der Waals surface area contributed by atoms with E-state index in [1.165, 1.54) is 103 Å². The molecule has 0 saturated heterocycles. The molecule has 0 radical (unpaired) electrons. The summed E-state index contributed by atoms with van der Waals surface area (Å²) in [7, 11) is 0. The number of ether oxygens (including phenoxy) is 3. The van der Waals surface area contributed by atoms with Gasteiger partial charge in [0.25, 0.3) is 0 Å². The van der Waals surface area contributed by atoms with Gasteiger partial charge in [-0.3, -0.25) is 14.4 Å². The van der Waals surface area contributed by atoms with Crippen molar-refractivity contribution in [3.8, 4) is 0 Å². The Morgan fingerprint density at radius 3 is 0.778 bits per heavy atom. The lowest BCUT2D eigenvalue weighted by Gasteiger charge is -2.18. The number of hydrogen-bond donors (Lipinski definition) is 0. The van der Waals surface area contributed by atoms with Crippen LogP contribution in [0.1, 0.15) is 290 Å². The molecular weight excluding hydrogens is 997 g/mol. The molecule has 0 N–H and O–H groups in total. The third kappa shape index (κ3) is 66.0. The summed E-state index contributed by atoms with van der Waals surface area (Å²) in [4.78, 5) is 38.4. The van der Waals surface area contributed by atoms with Gasteiger partial charge in [-0.25, -0.2) is 0 Å². The average Bonchev–Trinajstić information content (AvgIpc) is 3.47. The molecule has 81 heavy (non-hydrogen) atoms. The average molecular weight is 1120 g/mol. The van der Waals surface area contributed by atoms with Gasteiger partial charge in [0, 0.05) is 19.3 Å². The monoisotopic (exact) mass is 1120 g/mol. The summed E-state index contributed by atoms with van der Waals surface area (Å²) in [6.45, 7) is 6.38. The highest BCUT2D eigenvalue weighted by Gasteiger charge is 2.19. The maximum atomic E-state index is 12.9. The summed E-state index contributed by atoms with van der Waals surface area (Å²) < 4.78 is 16.9. The van der Waals surface area contributed by atoms with E-state index in [0.717, 1.165) is 148 Å². The summed E-state index contributed by atoms with van der Waals surface area (Å²) in [5, 5.41) is 0. The van der Waals surface area contributed by atoms with E-state index in [-0.39, 0.29) is 31.1 Å². The van der Waals surface area contributed by atoms with Gasteiger partial charge in [0.1, 0.15) is 13.2 Å². The van der Waals surface area contributed by atoms with Crippen molar-refractivity contribution in [3.05, 3.63) is 146 Å². The normalized spacial score (nSPS) is 13.1. The number of allylic oxidation sites excluding steroid dienone is 24. The topological polar surface area (TPSA) is 78.9 Å². The number of unbranched alkanes of at least 4 members (excludes halogenated alkanes) is 24. The summed E-state index contributed by atoms with van der Waals surface area (Å²) in [5.41, 5.74) is 0. The summed E-state index contributed by atoms with van der Waals surface area (Å²) in [6, 6.07) is 0. The van der Waals surface area contributed by atoms with E-state index in [9.17, 15) is 14.4 Å². The third-order valence-electron chi connectivity index (χ3n) is 13.8. The van der Waals surface area contributed by atoms with E-state index in [4.69, 9.17) is 14.2 Å². The zero-order valence-corrected chi connectivity index (χ0v) is 52.5. The molecule has 0 fully saturated rings. The van der Waals surface area contributed by atoms with Crippen LogP contribution >= 0.6 is 0 Å². The Balaban J connectivity index is 4.50. The molecule has 0 saturated carbocycles. The van der Waals surface area contributed by atoms with Gasteiger partial charge in [-0.15, -0.1) is 0 Å². The maximum Gasteiger partial charge on any atom is 0.306 e. The standard InChI is InChI=1S/C75H122O6/c1-4-7-10-13-16-19-22-25-28-31-33-35-36-37-38-40-41-44-47-50-53-56-59-62-65-68-74(77)80-71-72(70-79-73(76)67-64-61-58-55-52-49-46-43-30-27-24-21-18-15-12-9-6-3)81-75(78)69-66-63-60-57-54-51-48-45-42-39-34-32-29-26-23-20-17-14-11-8-5-2/h7,9-10,12,16,18-19,21,25,27-28,30,32-35,37-38,41,44,46,49-50,53,72H,4-6,8,11,13-15,17,20,22-24,26,29,31,36,39-40,42-43,45,47-48,51-52,54-71H2,1-3H3/b10-7-,12-9-,19-16-,21-18-,28-25-,30-27-,34-32-,35-33-,38-37-,44-41-,49-46-,53-50-. The SMILES string of the molecule is CC/C=C\C/C=C\C/C=C\C/C=C\C/C=C\C/C=C\C/C=C\CCCCCC(=O)OCC(COC(=O)CCCCCC/C=C\C/C=C\C/C=C\C/C=C\CC)OC(=O)CCCCCCCCCCC/C=C\CCCCCCCCCC. The van der Waals surface area contributed by atoms with Gasteiger partial charge in [-0.1, -0.05) is 276 Å². The minimum absolute atomic E-state index is 0.107. The first-order valence-corrected chi connectivity index (χ1v) is 33.3. The highest BCUT2D eigenvalue weighted by molar-refractivity contribution is 5.71.